The summed E-state index contributed by atoms with van der Waals surface area (Å²) in [5.41, 5.74) is 0.837. The first kappa shape index (κ1) is 12.1. The first-order chi connectivity index (χ1) is 8.83. The fourth-order valence-electron chi connectivity index (χ4n) is 3.29. The molecule has 2 heterocycles. The standard InChI is InChI=1S/C15H21FN2/c16-15-7-2-1-5-13(15)11-17-8-4-10-18-9-3-6-14(18)12-17/h1-2,5,7,14H,3-4,6,8-12H2. The van der Waals surface area contributed by atoms with Crippen molar-refractivity contribution in [3.8, 4) is 0 Å². The summed E-state index contributed by atoms with van der Waals surface area (Å²) in [6.45, 7) is 5.45. The van der Waals surface area contributed by atoms with Crippen LogP contribution in [0.15, 0.2) is 24.3 Å². The zero-order valence-electron chi connectivity index (χ0n) is 10.8. The van der Waals surface area contributed by atoms with Crippen LogP contribution in [0, 0.1) is 5.82 Å². The van der Waals surface area contributed by atoms with Crippen LogP contribution >= 0.6 is 0 Å². The second kappa shape index (κ2) is 5.37. The third-order valence-electron chi connectivity index (χ3n) is 4.24. The normalized spacial score (nSPS) is 25.9. The molecule has 1 aromatic rings. The second-order valence-corrected chi connectivity index (χ2v) is 5.51. The van der Waals surface area contributed by atoms with Crippen molar-refractivity contribution in [1.29, 1.82) is 0 Å². The van der Waals surface area contributed by atoms with Crippen LogP contribution in [-0.2, 0) is 6.54 Å². The zero-order chi connectivity index (χ0) is 12.4. The Morgan fingerprint density at radius 1 is 1.11 bits per heavy atom. The lowest BCUT2D eigenvalue weighted by Crippen LogP contribution is -2.36. The molecule has 2 fully saturated rings. The molecule has 3 heteroatoms. The maximum Gasteiger partial charge on any atom is 0.127 e. The summed E-state index contributed by atoms with van der Waals surface area (Å²) in [7, 11) is 0. The van der Waals surface area contributed by atoms with Crippen molar-refractivity contribution in [3.05, 3.63) is 35.6 Å². The summed E-state index contributed by atoms with van der Waals surface area (Å²) < 4.78 is 13.7. The molecule has 0 spiro atoms. The molecule has 2 aliphatic heterocycles. The van der Waals surface area contributed by atoms with E-state index in [2.05, 4.69) is 9.80 Å². The highest BCUT2D eigenvalue weighted by Crippen LogP contribution is 2.22. The molecule has 0 aliphatic carbocycles. The number of hydrogen-bond donors (Lipinski definition) is 0. The van der Waals surface area contributed by atoms with E-state index in [1.54, 1.807) is 12.1 Å². The van der Waals surface area contributed by atoms with Crippen LogP contribution in [-0.4, -0.2) is 42.0 Å². The SMILES string of the molecule is Fc1ccccc1CN1CCCN2CCCC2C1. The van der Waals surface area contributed by atoms with E-state index in [0.29, 0.717) is 6.04 Å². The number of halogens is 1. The van der Waals surface area contributed by atoms with Crippen molar-refractivity contribution in [2.24, 2.45) is 0 Å². The van der Waals surface area contributed by atoms with Crippen molar-refractivity contribution >= 4 is 0 Å². The van der Waals surface area contributed by atoms with E-state index in [9.17, 15) is 4.39 Å². The molecule has 1 aromatic carbocycles. The molecule has 0 bridgehead atoms. The highest BCUT2D eigenvalue weighted by Gasteiger charge is 2.28. The molecular formula is C15H21FN2. The van der Waals surface area contributed by atoms with Gasteiger partial charge in [-0.2, -0.15) is 0 Å². The minimum Gasteiger partial charge on any atom is -0.299 e. The Kier molecular flexibility index (Phi) is 3.62. The minimum atomic E-state index is -0.0648. The Morgan fingerprint density at radius 2 is 1.94 bits per heavy atom. The molecule has 98 valence electrons. The predicted molar refractivity (Wildman–Crippen MR) is 70.9 cm³/mol. The lowest BCUT2D eigenvalue weighted by atomic mass is 10.1. The zero-order valence-corrected chi connectivity index (χ0v) is 10.8. The first-order valence-corrected chi connectivity index (χ1v) is 7.03. The summed E-state index contributed by atoms with van der Waals surface area (Å²) in [5, 5.41) is 0. The first-order valence-electron chi connectivity index (χ1n) is 7.03. The van der Waals surface area contributed by atoms with Gasteiger partial charge in [0.15, 0.2) is 0 Å². The average molecular weight is 248 g/mol. The molecule has 0 aromatic heterocycles. The molecule has 3 rings (SSSR count). The number of rotatable bonds is 2. The van der Waals surface area contributed by atoms with Gasteiger partial charge in [-0.05, 0) is 45.0 Å². The smallest absolute Gasteiger partial charge is 0.127 e. The lowest BCUT2D eigenvalue weighted by molar-refractivity contribution is 0.214. The van der Waals surface area contributed by atoms with Crippen LogP contribution in [0.3, 0.4) is 0 Å². The predicted octanol–water partition coefficient (Wildman–Crippen LogP) is 2.50. The molecule has 1 atom stereocenters. The van der Waals surface area contributed by atoms with Crippen LogP contribution in [0.1, 0.15) is 24.8 Å². The van der Waals surface area contributed by atoms with Crippen LogP contribution < -0.4 is 0 Å². The Morgan fingerprint density at radius 3 is 2.83 bits per heavy atom. The maximum absolute atomic E-state index is 13.7. The van der Waals surface area contributed by atoms with Crippen LogP contribution in [0.25, 0.3) is 0 Å². The third-order valence-corrected chi connectivity index (χ3v) is 4.24. The van der Waals surface area contributed by atoms with Crippen molar-refractivity contribution < 1.29 is 4.39 Å². The van der Waals surface area contributed by atoms with Gasteiger partial charge in [-0.1, -0.05) is 18.2 Å². The van der Waals surface area contributed by atoms with Gasteiger partial charge >= 0.3 is 0 Å². The van der Waals surface area contributed by atoms with Gasteiger partial charge < -0.3 is 0 Å². The van der Waals surface area contributed by atoms with Gasteiger partial charge in [-0.3, -0.25) is 9.80 Å². The fraction of sp³-hybridized carbons (Fsp3) is 0.600. The topological polar surface area (TPSA) is 6.48 Å². The van der Waals surface area contributed by atoms with Gasteiger partial charge in [0, 0.05) is 24.7 Å². The van der Waals surface area contributed by atoms with Crippen molar-refractivity contribution in [1.82, 2.24) is 9.80 Å². The molecule has 1 unspecified atom stereocenters. The molecule has 2 saturated heterocycles. The van der Waals surface area contributed by atoms with E-state index in [1.807, 2.05) is 12.1 Å². The molecule has 0 saturated carbocycles. The average Bonchev–Trinajstić information content (AvgIpc) is 2.71. The van der Waals surface area contributed by atoms with E-state index in [4.69, 9.17) is 0 Å². The summed E-state index contributed by atoms with van der Waals surface area (Å²) in [6, 6.07) is 7.87. The molecule has 2 aliphatic rings. The Labute approximate surface area is 108 Å². The van der Waals surface area contributed by atoms with E-state index >= 15 is 0 Å². The number of nitrogens with zero attached hydrogens (tertiary/aromatic N) is 2. The van der Waals surface area contributed by atoms with E-state index in [0.717, 1.165) is 25.2 Å². The van der Waals surface area contributed by atoms with Crippen molar-refractivity contribution in [2.75, 3.05) is 26.2 Å². The third kappa shape index (κ3) is 2.57. The molecule has 0 amide bonds. The van der Waals surface area contributed by atoms with Crippen molar-refractivity contribution in [2.45, 2.75) is 31.8 Å². The van der Waals surface area contributed by atoms with Gasteiger partial charge in [0.1, 0.15) is 5.82 Å². The van der Waals surface area contributed by atoms with Crippen molar-refractivity contribution in [3.63, 3.8) is 0 Å². The molecule has 0 radical (unpaired) electrons. The second-order valence-electron chi connectivity index (χ2n) is 5.51. The van der Waals surface area contributed by atoms with Crippen LogP contribution in [0.5, 0.6) is 0 Å². The van der Waals surface area contributed by atoms with E-state index in [1.165, 1.54) is 32.4 Å². The quantitative estimate of drug-likeness (QED) is 0.793. The summed E-state index contributed by atoms with van der Waals surface area (Å²) >= 11 is 0. The maximum atomic E-state index is 13.7. The molecule has 0 N–H and O–H groups in total. The Bertz CT molecular complexity index is 407. The summed E-state index contributed by atoms with van der Waals surface area (Å²) in [4.78, 5) is 5.04. The van der Waals surface area contributed by atoms with Crippen LogP contribution in [0.2, 0.25) is 0 Å². The molecule has 18 heavy (non-hydrogen) atoms. The Hall–Kier alpha value is -0.930. The van der Waals surface area contributed by atoms with Gasteiger partial charge in [0.05, 0.1) is 0 Å². The number of benzene rings is 1. The van der Waals surface area contributed by atoms with Crippen LogP contribution in [0.4, 0.5) is 4.39 Å². The largest absolute Gasteiger partial charge is 0.299 e. The van der Waals surface area contributed by atoms with Gasteiger partial charge in [-0.15, -0.1) is 0 Å². The summed E-state index contributed by atoms with van der Waals surface area (Å²) in [6.07, 6.45) is 3.86. The highest BCUT2D eigenvalue weighted by molar-refractivity contribution is 5.17. The van der Waals surface area contributed by atoms with Gasteiger partial charge in [0.25, 0.3) is 0 Å². The molecular weight excluding hydrogens is 227 g/mol. The van der Waals surface area contributed by atoms with E-state index in [-0.39, 0.29) is 5.82 Å². The number of hydrogen-bond acceptors (Lipinski definition) is 2. The number of fused-ring (bicyclic) bond motifs is 1. The lowest BCUT2D eigenvalue weighted by Gasteiger charge is -2.25. The van der Waals surface area contributed by atoms with Gasteiger partial charge in [0.2, 0.25) is 0 Å². The highest BCUT2D eigenvalue weighted by atomic mass is 19.1. The van der Waals surface area contributed by atoms with Gasteiger partial charge in [-0.25, -0.2) is 4.39 Å². The van der Waals surface area contributed by atoms with E-state index < -0.39 is 0 Å². The minimum absolute atomic E-state index is 0.0648. The molecule has 2 nitrogen and oxygen atoms in total. The summed E-state index contributed by atoms with van der Waals surface area (Å²) in [5.74, 6) is -0.0648. The Balaban J connectivity index is 1.67. The monoisotopic (exact) mass is 248 g/mol. The fourth-order valence-corrected chi connectivity index (χ4v) is 3.29.